The lowest BCUT2D eigenvalue weighted by atomic mass is 9.99. The third kappa shape index (κ3) is 26.9. The molecule has 3 rings (SSSR count). The highest BCUT2D eigenvalue weighted by atomic mass is 79.9. The van der Waals surface area contributed by atoms with Gasteiger partial charge in [0.05, 0.1) is 26.2 Å². The number of primary amides is 4. The molecule has 0 radical (unpaired) electrons. The summed E-state index contributed by atoms with van der Waals surface area (Å²) < 4.78 is 0.642. The molecular formula is C50H75BrN12O11S. The number of carboxylic acid groups (broad SMARTS) is 2. The lowest BCUT2D eigenvalue weighted by molar-refractivity contribution is -0.139. The second kappa shape index (κ2) is 33.8. The van der Waals surface area contributed by atoms with Crippen LogP contribution in [0.1, 0.15) is 87.8 Å². The van der Waals surface area contributed by atoms with Crippen LogP contribution in [0.15, 0.2) is 47.2 Å². The number of aliphatic carboxylic acids is 2. The summed E-state index contributed by atoms with van der Waals surface area (Å²) in [6.07, 6.45) is 6.40. The van der Waals surface area contributed by atoms with E-state index < -0.39 is 53.7 Å². The topological polar surface area (TPSA) is 351 Å². The first-order valence-corrected chi connectivity index (χ1v) is 26.3. The van der Waals surface area contributed by atoms with Crippen molar-refractivity contribution in [3.05, 3.63) is 63.9 Å². The van der Waals surface area contributed by atoms with Gasteiger partial charge in [0.1, 0.15) is 22.5 Å². The molecule has 1 aliphatic heterocycles. The Bertz CT molecular complexity index is 2240. The van der Waals surface area contributed by atoms with Gasteiger partial charge in [0, 0.05) is 90.4 Å². The normalized spacial score (nSPS) is 16.1. The molecule has 1 aliphatic rings. The summed E-state index contributed by atoms with van der Waals surface area (Å²) in [4.78, 5) is 124. The number of hydrogen-bond donors (Lipinski definition) is 8. The number of unbranched alkanes of at least 4 members (excludes halogenated alkanes) is 3. The SMILES string of the molecule is CC(=O)CC[C@@H](NC(=O)N[C@H](CCCCN(Cc1ccc(Br)nc1)C(=O)CCCCCC(=S)Cc1ccc(CC2CN(CC(N)=O)CCN(CC(N)=O)CCN(CC(N)=O)CCN2CC(N)=O)cc1)C(=O)O)C(=O)O. The first-order valence-electron chi connectivity index (χ1n) is 25.1. The number of halogens is 1. The second-order valence-electron chi connectivity index (χ2n) is 19.0. The summed E-state index contributed by atoms with van der Waals surface area (Å²) >= 11 is 9.12. The van der Waals surface area contributed by atoms with Gasteiger partial charge in [-0.25, -0.2) is 19.4 Å². The number of thiocarbonyl (C=S) groups is 1. The minimum Gasteiger partial charge on any atom is -0.480 e. The molecule has 0 spiro atoms. The fraction of sp³-hybridized carbons (Fsp3) is 0.580. The van der Waals surface area contributed by atoms with Crippen molar-refractivity contribution >= 4 is 86.3 Å². The van der Waals surface area contributed by atoms with Crippen LogP contribution in [0.4, 0.5) is 4.79 Å². The summed E-state index contributed by atoms with van der Waals surface area (Å²) in [6, 6.07) is 7.68. The molecule has 7 amide bonds. The molecule has 1 unspecified atom stereocenters. The summed E-state index contributed by atoms with van der Waals surface area (Å²) in [7, 11) is 0. The number of amides is 7. The van der Waals surface area contributed by atoms with E-state index in [2.05, 4.69) is 31.5 Å². The molecule has 75 heavy (non-hydrogen) atoms. The van der Waals surface area contributed by atoms with E-state index in [4.69, 9.17) is 35.2 Å². The van der Waals surface area contributed by atoms with Gasteiger partial charge < -0.3 is 53.5 Å². The van der Waals surface area contributed by atoms with Crippen LogP contribution in [0.25, 0.3) is 0 Å². The quantitative estimate of drug-likeness (QED) is 0.0282. The van der Waals surface area contributed by atoms with Crippen molar-refractivity contribution in [2.45, 2.75) is 109 Å². The fourth-order valence-corrected chi connectivity index (χ4v) is 9.21. The summed E-state index contributed by atoms with van der Waals surface area (Å²) in [6.45, 7) is 4.39. The molecular weight excluding hydrogens is 1060 g/mol. The van der Waals surface area contributed by atoms with E-state index in [9.17, 15) is 53.4 Å². The van der Waals surface area contributed by atoms with E-state index in [-0.39, 0.29) is 76.1 Å². The molecule has 23 nitrogen and oxygen atoms in total. The van der Waals surface area contributed by atoms with Gasteiger partial charge in [-0.1, -0.05) is 49.0 Å². The predicted octanol–water partition coefficient (Wildman–Crippen LogP) is 0.555. The molecule has 2 aromatic rings. The number of benzene rings is 1. The molecule has 25 heteroatoms. The van der Waals surface area contributed by atoms with E-state index in [1.54, 1.807) is 17.2 Å². The Labute approximate surface area is 451 Å². The molecule has 3 atom stereocenters. The number of hydrogen-bond acceptors (Lipinski definition) is 15. The average molecular weight is 1130 g/mol. The summed E-state index contributed by atoms with van der Waals surface area (Å²) in [5, 5.41) is 23.7. The molecule has 0 saturated carbocycles. The largest absolute Gasteiger partial charge is 0.480 e. The number of carboxylic acids is 2. The van der Waals surface area contributed by atoms with Crippen molar-refractivity contribution in [1.82, 2.24) is 40.1 Å². The number of urea groups is 1. The maximum Gasteiger partial charge on any atom is 0.326 e. The van der Waals surface area contributed by atoms with Crippen LogP contribution in [-0.2, 0) is 57.7 Å². The summed E-state index contributed by atoms with van der Waals surface area (Å²) in [5.74, 6) is -5.07. The Morgan fingerprint density at radius 2 is 1.19 bits per heavy atom. The maximum atomic E-state index is 13.6. The number of nitrogens with one attached hydrogen (secondary N) is 2. The fourth-order valence-electron chi connectivity index (χ4n) is 8.67. The number of Topliss-reactive ketones (excluding diaryl/α,β-unsaturated/α-hetero) is 1. The van der Waals surface area contributed by atoms with Crippen LogP contribution in [0.2, 0.25) is 0 Å². The van der Waals surface area contributed by atoms with Crippen molar-refractivity contribution in [2.75, 3.05) is 78.5 Å². The number of carbonyl (C=O) groups is 9. The van der Waals surface area contributed by atoms with Crippen LogP contribution in [0.5, 0.6) is 0 Å². The number of aromatic nitrogens is 1. The Morgan fingerprint density at radius 3 is 1.73 bits per heavy atom. The van der Waals surface area contributed by atoms with E-state index in [0.717, 1.165) is 34.4 Å². The standard InChI is InChI=1S/C50H75BrN12O11S/c1-34(64)10-16-41(49(72)73)58-50(74)57-40(48(70)71)8-5-6-18-63(28-37-15-17-42(51)56-27-37)47(69)9-4-2-3-7-39(75)26-36-13-11-35(12-14-36)25-38-29-61(32-45(54)67)22-21-59(30-43(52)65)19-20-60(31-44(53)66)23-24-62(38)33-46(55)68/h11-15,17,27,38,40-41H,2-10,16,18-26,28-33H2,1H3,(H2,52,65)(H2,53,66)(H2,54,67)(H2,55,68)(H,70,71)(H,72,73)(H2,57,58,74)/t38?,40-,41-/m1/s1. The van der Waals surface area contributed by atoms with E-state index in [1.807, 2.05) is 49.9 Å². The van der Waals surface area contributed by atoms with Crippen LogP contribution in [0, 0.1) is 0 Å². The van der Waals surface area contributed by atoms with Crippen LogP contribution >= 0.6 is 28.1 Å². The highest BCUT2D eigenvalue weighted by molar-refractivity contribution is 9.10. The lowest BCUT2D eigenvalue weighted by Gasteiger charge is -2.38. The minimum absolute atomic E-state index is 0.0149. The molecule has 12 N–H and O–H groups in total. The minimum atomic E-state index is -1.37. The smallest absolute Gasteiger partial charge is 0.326 e. The Morgan fingerprint density at radius 1 is 0.667 bits per heavy atom. The number of rotatable bonds is 32. The van der Waals surface area contributed by atoms with E-state index in [0.29, 0.717) is 95.5 Å². The highest BCUT2D eigenvalue weighted by Crippen LogP contribution is 2.18. The van der Waals surface area contributed by atoms with Crippen LogP contribution in [-0.4, -0.2) is 195 Å². The van der Waals surface area contributed by atoms with Crippen molar-refractivity contribution < 1.29 is 53.4 Å². The maximum absolute atomic E-state index is 13.6. The van der Waals surface area contributed by atoms with E-state index in [1.165, 1.54) is 6.92 Å². The molecule has 1 saturated heterocycles. The highest BCUT2D eigenvalue weighted by Gasteiger charge is 2.28. The van der Waals surface area contributed by atoms with Gasteiger partial charge in [0.25, 0.3) is 0 Å². The number of nitrogens with zero attached hydrogens (tertiary/aromatic N) is 6. The number of pyridine rings is 1. The van der Waals surface area contributed by atoms with Crippen LogP contribution < -0.4 is 33.6 Å². The zero-order valence-electron chi connectivity index (χ0n) is 42.8. The summed E-state index contributed by atoms with van der Waals surface area (Å²) in [5.41, 5.74) is 25.3. The average Bonchev–Trinajstić information content (AvgIpc) is 3.32. The molecule has 1 aromatic carbocycles. The zero-order valence-corrected chi connectivity index (χ0v) is 45.2. The molecule has 1 aromatic heterocycles. The van der Waals surface area contributed by atoms with Gasteiger partial charge in [-0.05, 0) is 102 Å². The van der Waals surface area contributed by atoms with Crippen molar-refractivity contribution in [3.8, 4) is 0 Å². The molecule has 414 valence electrons. The zero-order chi connectivity index (χ0) is 55.5. The molecule has 0 aliphatic carbocycles. The third-order valence-electron chi connectivity index (χ3n) is 12.6. The van der Waals surface area contributed by atoms with Gasteiger partial charge in [-0.3, -0.25) is 43.6 Å². The molecule has 0 bridgehead atoms. The van der Waals surface area contributed by atoms with Gasteiger partial charge >= 0.3 is 18.0 Å². The van der Waals surface area contributed by atoms with Crippen molar-refractivity contribution in [2.24, 2.45) is 22.9 Å². The number of ketones is 1. The van der Waals surface area contributed by atoms with Gasteiger partial charge in [0.15, 0.2) is 0 Å². The van der Waals surface area contributed by atoms with Crippen molar-refractivity contribution in [3.63, 3.8) is 0 Å². The van der Waals surface area contributed by atoms with Crippen LogP contribution in [0.3, 0.4) is 0 Å². The first-order chi connectivity index (χ1) is 35.6. The Kier molecular flexibility index (Phi) is 28.6. The third-order valence-corrected chi connectivity index (χ3v) is 13.4. The molecule has 1 fully saturated rings. The monoisotopic (exact) mass is 1130 g/mol. The Balaban J connectivity index is 1.58. The number of carbonyl (C=O) groups excluding carboxylic acids is 7. The van der Waals surface area contributed by atoms with Crippen molar-refractivity contribution in [1.29, 1.82) is 0 Å². The van der Waals surface area contributed by atoms with Gasteiger partial charge in [0.2, 0.25) is 29.5 Å². The second-order valence-corrected chi connectivity index (χ2v) is 20.4. The van der Waals surface area contributed by atoms with E-state index >= 15 is 0 Å². The lowest BCUT2D eigenvalue weighted by Crippen LogP contribution is -2.54. The molecule has 2 heterocycles. The Hall–Kier alpha value is -5.99. The predicted molar refractivity (Wildman–Crippen MR) is 287 cm³/mol. The first kappa shape index (κ1) is 63.3. The van der Waals surface area contributed by atoms with Gasteiger partial charge in [-0.2, -0.15) is 0 Å². The van der Waals surface area contributed by atoms with Gasteiger partial charge in [-0.15, -0.1) is 0 Å². The number of nitrogens with two attached hydrogens (primary N) is 4.